The molecule has 5 N–H and O–H groups in total. The van der Waals surface area contributed by atoms with Crippen molar-refractivity contribution in [2.45, 2.75) is 128 Å². The van der Waals surface area contributed by atoms with Crippen molar-refractivity contribution < 1.29 is 49.1 Å². The second kappa shape index (κ2) is 22.7. The Morgan fingerprint density at radius 1 is 0.826 bits per heavy atom. The second-order valence-electron chi connectivity index (χ2n) is 11.8. The van der Waals surface area contributed by atoms with Crippen LogP contribution in [-0.4, -0.2) is 68.3 Å². The minimum absolute atomic E-state index is 0.140. The van der Waals surface area contributed by atoms with E-state index in [1.165, 1.54) is 12.5 Å². The Bertz CT molecular complexity index is 1120. The second-order valence-corrected chi connectivity index (χ2v) is 11.8. The van der Waals surface area contributed by atoms with Crippen LogP contribution in [0.15, 0.2) is 36.4 Å². The molecule has 0 heterocycles. The lowest BCUT2D eigenvalue weighted by Gasteiger charge is -2.29. The quantitative estimate of drug-likeness (QED) is 0.0584. The molecule has 0 aliphatic rings. The van der Waals surface area contributed by atoms with Gasteiger partial charge in [-0.25, -0.2) is 9.59 Å². The number of ether oxygens (including phenoxy) is 1. The summed E-state index contributed by atoms with van der Waals surface area (Å²) in [6, 6.07) is 5.20. The summed E-state index contributed by atoms with van der Waals surface area (Å²) in [4.78, 5) is 60.8. The lowest BCUT2D eigenvalue weighted by Crippen LogP contribution is -2.55. The molecule has 1 aromatic carbocycles. The number of rotatable bonds is 27. The molecule has 0 spiro atoms. The van der Waals surface area contributed by atoms with Crippen LogP contribution < -0.4 is 10.1 Å². The number of aliphatic carboxylic acids is 3. The number of Topliss-reactive ketones (excluding diaryl/α,β-unsaturated/α-hetero) is 1. The molecule has 0 aromatic heterocycles. The summed E-state index contributed by atoms with van der Waals surface area (Å²) in [6.45, 7) is 4.73. The SMILES string of the molecule is CCCCCCCC(=O)CCCCCCC=C[C@H](C(=O)N[C@@H](Cc1ccc(OCCCC)cc1)C(=O)O)[C@@](O)(CC(=O)O)C(=O)O. The highest BCUT2D eigenvalue weighted by atomic mass is 16.5. The minimum atomic E-state index is -3.01. The fourth-order valence-electron chi connectivity index (χ4n) is 4.99. The Balaban J connectivity index is 2.81. The van der Waals surface area contributed by atoms with Crippen molar-refractivity contribution in [1.82, 2.24) is 5.32 Å². The van der Waals surface area contributed by atoms with Crippen molar-refractivity contribution in [3.8, 4) is 5.75 Å². The summed E-state index contributed by atoms with van der Waals surface area (Å²) in [6.07, 6.45) is 13.2. The Labute approximate surface area is 272 Å². The highest BCUT2D eigenvalue weighted by Gasteiger charge is 2.49. The number of amides is 1. The Morgan fingerprint density at radius 3 is 1.96 bits per heavy atom. The third-order valence-electron chi connectivity index (χ3n) is 7.80. The van der Waals surface area contributed by atoms with E-state index in [0.717, 1.165) is 63.9 Å². The predicted octanol–water partition coefficient (Wildman–Crippen LogP) is 5.71. The van der Waals surface area contributed by atoms with Crippen molar-refractivity contribution in [1.29, 1.82) is 0 Å². The van der Waals surface area contributed by atoms with Gasteiger partial charge in [-0.05, 0) is 49.8 Å². The number of ketones is 1. The third kappa shape index (κ3) is 16.0. The molecule has 0 aliphatic heterocycles. The van der Waals surface area contributed by atoms with Gasteiger partial charge in [0.1, 0.15) is 17.6 Å². The fraction of sp³-hybridized carbons (Fsp3) is 0.629. The van der Waals surface area contributed by atoms with Crippen molar-refractivity contribution in [2.24, 2.45) is 5.92 Å². The Morgan fingerprint density at radius 2 is 1.41 bits per heavy atom. The average molecular weight is 648 g/mol. The van der Waals surface area contributed by atoms with E-state index in [-0.39, 0.29) is 12.2 Å². The molecule has 3 atom stereocenters. The maximum atomic E-state index is 13.3. The molecule has 46 heavy (non-hydrogen) atoms. The number of carbonyl (C=O) groups is 5. The van der Waals surface area contributed by atoms with Gasteiger partial charge in [-0.1, -0.05) is 83.1 Å². The first kappa shape index (κ1) is 40.3. The van der Waals surface area contributed by atoms with E-state index in [1.807, 2.05) is 6.92 Å². The molecule has 0 saturated carbocycles. The molecule has 0 saturated heterocycles. The third-order valence-corrected chi connectivity index (χ3v) is 7.80. The molecule has 0 aliphatic carbocycles. The van der Waals surface area contributed by atoms with Crippen LogP contribution in [0.4, 0.5) is 0 Å². The fourth-order valence-corrected chi connectivity index (χ4v) is 4.99. The molecule has 1 rings (SSSR count). The van der Waals surface area contributed by atoms with E-state index in [0.29, 0.717) is 43.6 Å². The lowest BCUT2D eigenvalue weighted by molar-refractivity contribution is -0.172. The van der Waals surface area contributed by atoms with Gasteiger partial charge in [0.05, 0.1) is 18.9 Å². The van der Waals surface area contributed by atoms with Gasteiger partial charge >= 0.3 is 17.9 Å². The Kier molecular flexibility index (Phi) is 19.9. The van der Waals surface area contributed by atoms with Gasteiger partial charge in [-0.2, -0.15) is 0 Å². The number of hydrogen-bond acceptors (Lipinski definition) is 7. The average Bonchev–Trinajstić information content (AvgIpc) is 3.00. The molecular weight excluding hydrogens is 594 g/mol. The lowest BCUT2D eigenvalue weighted by atomic mass is 9.82. The molecular formula is C35H53NO10. The maximum absolute atomic E-state index is 13.3. The zero-order chi connectivity index (χ0) is 34.4. The number of hydrogen-bond donors (Lipinski definition) is 5. The zero-order valence-corrected chi connectivity index (χ0v) is 27.4. The highest BCUT2D eigenvalue weighted by Crippen LogP contribution is 2.26. The van der Waals surface area contributed by atoms with E-state index < -0.39 is 47.8 Å². The monoisotopic (exact) mass is 647 g/mol. The van der Waals surface area contributed by atoms with Crippen LogP contribution >= 0.6 is 0 Å². The molecule has 0 fully saturated rings. The summed E-state index contributed by atoms with van der Waals surface area (Å²) in [7, 11) is 0. The van der Waals surface area contributed by atoms with Crippen molar-refractivity contribution >= 4 is 29.6 Å². The molecule has 0 bridgehead atoms. The van der Waals surface area contributed by atoms with Crippen LogP contribution in [0.1, 0.15) is 116 Å². The molecule has 1 aromatic rings. The van der Waals surface area contributed by atoms with Crippen LogP contribution in [-0.2, 0) is 30.4 Å². The van der Waals surface area contributed by atoms with Crippen LogP contribution in [0.25, 0.3) is 0 Å². The first-order valence-corrected chi connectivity index (χ1v) is 16.5. The molecule has 0 radical (unpaired) electrons. The van der Waals surface area contributed by atoms with Crippen LogP contribution in [0.3, 0.4) is 0 Å². The van der Waals surface area contributed by atoms with Crippen LogP contribution in [0.2, 0.25) is 0 Å². The highest BCUT2D eigenvalue weighted by molar-refractivity contribution is 5.94. The van der Waals surface area contributed by atoms with E-state index in [1.54, 1.807) is 24.3 Å². The van der Waals surface area contributed by atoms with Crippen molar-refractivity contribution in [3.63, 3.8) is 0 Å². The normalized spacial score (nSPS) is 13.9. The van der Waals surface area contributed by atoms with Crippen LogP contribution in [0.5, 0.6) is 5.75 Å². The van der Waals surface area contributed by atoms with E-state index >= 15 is 0 Å². The number of nitrogens with one attached hydrogen (secondary N) is 1. The first-order chi connectivity index (χ1) is 21.9. The minimum Gasteiger partial charge on any atom is -0.494 e. The van der Waals surface area contributed by atoms with Gasteiger partial charge < -0.3 is 30.5 Å². The van der Waals surface area contributed by atoms with Crippen molar-refractivity contribution in [2.75, 3.05) is 6.61 Å². The number of carboxylic acids is 3. The summed E-state index contributed by atoms with van der Waals surface area (Å²) >= 11 is 0. The van der Waals surface area contributed by atoms with Gasteiger partial charge in [0, 0.05) is 19.3 Å². The first-order valence-electron chi connectivity index (χ1n) is 16.5. The van der Waals surface area contributed by atoms with Gasteiger partial charge in [0.25, 0.3) is 0 Å². The summed E-state index contributed by atoms with van der Waals surface area (Å²) in [5.74, 6) is -7.05. The maximum Gasteiger partial charge on any atom is 0.337 e. The van der Waals surface area contributed by atoms with E-state index in [4.69, 9.17) is 4.74 Å². The molecule has 258 valence electrons. The number of unbranched alkanes of at least 4 members (excludes halogenated alkanes) is 9. The number of benzene rings is 1. The molecule has 11 nitrogen and oxygen atoms in total. The van der Waals surface area contributed by atoms with Gasteiger partial charge in [0.2, 0.25) is 5.91 Å². The van der Waals surface area contributed by atoms with Crippen molar-refractivity contribution in [3.05, 3.63) is 42.0 Å². The molecule has 0 unspecified atom stereocenters. The van der Waals surface area contributed by atoms with E-state index in [9.17, 15) is 44.4 Å². The number of aliphatic hydroxyl groups is 1. The summed E-state index contributed by atoms with van der Waals surface area (Å²) in [5.41, 5.74) is -2.44. The Hall–Kier alpha value is -3.73. The summed E-state index contributed by atoms with van der Waals surface area (Å²) in [5, 5.41) is 42.0. The van der Waals surface area contributed by atoms with Crippen LogP contribution in [0, 0.1) is 5.92 Å². The van der Waals surface area contributed by atoms with Gasteiger partial charge in [-0.15, -0.1) is 0 Å². The van der Waals surface area contributed by atoms with E-state index in [2.05, 4.69) is 12.2 Å². The summed E-state index contributed by atoms with van der Waals surface area (Å²) < 4.78 is 5.61. The largest absolute Gasteiger partial charge is 0.494 e. The topological polar surface area (TPSA) is 188 Å². The predicted molar refractivity (Wildman–Crippen MR) is 174 cm³/mol. The standard InChI is InChI=1S/C35H53NO10/c1-3-5-7-10-13-16-27(37)17-14-11-8-9-12-15-18-29(35(45,34(43)44)25-31(38)39)32(40)36-30(33(41)42)24-26-19-21-28(22-20-26)46-23-6-4-2/h15,18-22,29-30,45H,3-14,16-17,23-25H2,1-2H3,(H,36,40)(H,38,39)(H,41,42)(H,43,44)/t29-,30+,35+/m1/s1. The number of allylic oxidation sites excluding steroid dienone is 1. The number of carboxylic acid groups (broad SMARTS) is 3. The molecule has 1 amide bonds. The van der Waals surface area contributed by atoms with Gasteiger partial charge in [-0.3, -0.25) is 14.4 Å². The number of carbonyl (C=O) groups excluding carboxylic acids is 2. The molecule has 11 heteroatoms. The smallest absolute Gasteiger partial charge is 0.337 e. The zero-order valence-electron chi connectivity index (χ0n) is 27.4. The van der Waals surface area contributed by atoms with Gasteiger partial charge in [0.15, 0.2) is 5.60 Å².